The summed E-state index contributed by atoms with van der Waals surface area (Å²) in [6.45, 7) is 5.01. The van der Waals surface area contributed by atoms with Crippen LogP contribution in [0.25, 0.3) is 0 Å². The van der Waals surface area contributed by atoms with Gasteiger partial charge in [-0.3, -0.25) is 4.79 Å². The van der Waals surface area contributed by atoms with E-state index in [1.165, 1.54) is 0 Å². The van der Waals surface area contributed by atoms with Crippen molar-refractivity contribution in [3.05, 3.63) is 0 Å². The highest BCUT2D eigenvalue weighted by molar-refractivity contribution is 5.77. The monoisotopic (exact) mass is 174 g/mol. The van der Waals surface area contributed by atoms with Crippen LogP contribution in [0.1, 0.15) is 20.3 Å². The van der Waals surface area contributed by atoms with E-state index in [9.17, 15) is 4.79 Å². The Morgan fingerprint density at radius 1 is 1.58 bits per heavy atom. The molecule has 0 aliphatic rings. The number of hydrogen-bond acceptors (Lipinski definition) is 3. The van der Waals surface area contributed by atoms with Crippen molar-refractivity contribution in [1.29, 1.82) is 0 Å². The Morgan fingerprint density at radius 3 is 2.67 bits per heavy atom. The van der Waals surface area contributed by atoms with Gasteiger partial charge in [0.2, 0.25) is 5.91 Å². The normalized spacial score (nSPS) is 12.6. The number of ether oxygens (including phenoxy) is 1. The average molecular weight is 174 g/mol. The van der Waals surface area contributed by atoms with Gasteiger partial charge in [-0.25, -0.2) is 0 Å². The van der Waals surface area contributed by atoms with Gasteiger partial charge in [-0.15, -0.1) is 0 Å². The molecule has 0 fully saturated rings. The molecule has 0 aliphatic carbocycles. The third-order valence-corrected chi connectivity index (χ3v) is 1.58. The molecule has 0 saturated carbocycles. The van der Waals surface area contributed by atoms with Crippen molar-refractivity contribution < 1.29 is 9.53 Å². The van der Waals surface area contributed by atoms with Crippen molar-refractivity contribution in [3.8, 4) is 0 Å². The van der Waals surface area contributed by atoms with Gasteiger partial charge in [-0.1, -0.05) is 6.92 Å². The molecule has 0 saturated heterocycles. The Morgan fingerprint density at radius 2 is 2.25 bits per heavy atom. The average Bonchev–Trinajstić information content (AvgIpc) is 2.10. The minimum atomic E-state index is -0.0887. The Kier molecular flexibility index (Phi) is 6.70. The first-order valence-electron chi connectivity index (χ1n) is 4.31. The zero-order valence-corrected chi connectivity index (χ0v) is 7.80. The van der Waals surface area contributed by atoms with Crippen LogP contribution >= 0.6 is 0 Å². The molecule has 0 bridgehead atoms. The quantitative estimate of drug-likeness (QED) is 0.590. The first-order chi connectivity index (χ1) is 5.74. The lowest BCUT2D eigenvalue weighted by atomic mass is 10.2. The van der Waals surface area contributed by atoms with Gasteiger partial charge in [0.15, 0.2) is 0 Å². The Labute approximate surface area is 73.5 Å². The SMILES string of the molecule is CCOCC(=O)NC(CC)CN. The summed E-state index contributed by atoms with van der Waals surface area (Å²) in [5, 5.41) is 2.76. The van der Waals surface area contributed by atoms with E-state index in [4.69, 9.17) is 10.5 Å². The van der Waals surface area contributed by atoms with Gasteiger partial charge in [0.25, 0.3) is 0 Å². The smallest absolute Gasteiger partial charge is 0.246 e. The minimum absolute atomic E-state index is 0.0814. The van der Waals surface area contributed by atoms with Crippen LogP contribution in [0.15, 0.2) is 0 Å². The van der Waals surface area contributed by atoms with Crippen LogP contribution in [0, 0.1) is 0 Å². The maximum Gasteiger partial charge on any atom is 0.246 e. The van der Waals surface area contributed by atoms with Gasteiger partial charge < -0.3 is 15.8 Å². The molecule has 0 aromatic heterocycles. The molecule has 0 aromatic carbocycles. The number of hydrogen-bond donors (Lipinski definition) is 2. The molecule has 72 valence electrons. The Balaban J connectivity index is 3.52. The first-order valence-corrected chi connectivity index (χ1v) is 4.31. The largest absolute Gasteiger partial charge is 0.372 e. The van der Waals surface area contributed by atoms with Crippen LogP contribution in [-0.2, 0) is 9.53 Å². The zero-order valence-electron chi connectivity index (χ0n) is 7.80. The fraction of sp³-hybridized carbons (Fsp3) is 0.875. The maximum atomic E-state index is 11.0. The van der Waals surface area contributed by atoms with Crippen LogP contribution in [0.4, 0.5) is 0 Å². The number of nitrogens with two attached hydrogens (primary N) is 1. The van der Waals surface area contributed by atoms with E-state index < -0.39 is 0 Å². The summed E-state index contributed by atoms with van der Waals surface area (Å²) in [6.07, 6.45) is 0.856. The fourth-order valence-corrected chi connectivity index (χ4v) is 0.792. The van der Waals surface area contributed by atoms with Gasteiger partial charge in [0.05, 0.1) is 0 Å². The van der Waals surface area contributed by atoms with E-state index in [0.29, 0.717) is 13.2 Å². The van der Waals surface area contributed by atoms with Gasteiger partial charge in [-0.2, -0.15) is 0 Å². The molecular formula is C8H18N2O2. The summed E-state index contributed by atoms with van der Waals surface area (Å²) >= 11 is 0. The lowest BCUT2D eigenvalue weighted by molar-refractivity contribution is -0.126. The summed E-state index contributed by atoms with van der Waals surface area (Å²) in [6, 6.07) is 0.0814. The van der Waals surface area contributed by atoms with E-state index in [1.807, 2.05) is 13.8 Å². The molecule has 1 unspecified atom stereocenters. The predicted molar refractivity (Wildman–Crippen MR) is 47.8 cm³/mol. The maximum absolute atomic E-state index is 11.0. The standard InChI is InChI=1S/C8H18N2O2/c1-3-7(5-9)10-8(11)6-12-4-2/h7H,3-6,9H2,1-2H3,(H,10,11). The van der Waals surface area contributed by atoms with Crippen LogP contribution in [0.2, 0.25) is 0 Å². The molecule has 1 atom stereocenters. The first kappa shape index (κ1) is 11.4. The molecular weight excluding hydrogens is 156 g/mol. The molecule has 12 heavy (non-hydrogen) atoms. The predicted octanol–water partition coefficient (Wildman–Crippen LogP) is -0.124. The highest BCUT2D eigenvalue weighted by atomic mass is 16.5. The molecule has 3 N–H and O–H groups in total. The number of carbonyl (C=O) groups is 1. The summed E-state index contributed by atoms with van der Waals surface area (Å²) in [7, 11) is 0. The van der Waals surface area contributed by atoms with Gasteiger partial charge in [0, 0.05) is 19.2 Å². The van der Waals surface area contributed by atoms with Crippen molar-refractivity contribution in [1.82, 2.24) is 5.32 Å². The Bertz CT molecular complexity index is 124. The van der Waals surface area contributed by atoms with Crippen molar-refractivity contribution in [3.63, 3.8) is 0 Å². The van der Waals surface area contributed by atoms with Crippen molar-refractivity contribution in [2.24, 2.45) is 5.73 Å². The van der Waals surface area contributed by atoms with E-state index >= 15 is 0 Å². The third-order valence-electron chi connectivity index (χ3n) is 1.58. The molecule has 0 spiro atoms. The fourth-order valence-electron chi connectivity index (χ4n) is 0.792. The summed E-state index contributed by atoms with van der Waals surface area (Å²) in [5.41, 5.74) is 5.40. The van der Waals surface area contributed by atoms with Gasteiger partial charge in [0.1, 0.15) is 6.61 Å². The molecule has 0 aliphatic heterocycles. The summed E-state index contributed by atoms with van der Waals surface area (Å²) in [5.74, 6) is -0.0887. The third kappa shape index (κ3) is 5.09. The van der Waals surface area contributed by atoms with E-state index in [-0.39, 0.29) is 18.6 Å². The topological polar surface area (TPSA) is 64.3 Å². The zero-order chi connectivity index (χ0) is 9.40. The van der Waals surface area contributed by atoms with Crippen molar-refractivity contribution in [2.45, 2.75) is 26.3 Å². The second kappa shape index (κ2) is 7.06. The molecule has 0 aromatic rings. The van der Waals surface area contributed by atoms with E-state index in [2.05, 4.69) is 5.32 Å². The van der Waals surface area contributed by atoms with Crippen LogP contribution in [-0.4, -0.2) is 31.7 Å². The van der Waals surface area contributed by atoms with Gasteiger partial charge >= 0.3 is 0 Å². The van der Waals surface area contributed by atoms with Crippen molar-refractivity contribution in [2.75, 3.05) is 19.8 Å². The highest BCUT2D eigenvalue weighted by Gasteiger charge is 2.07. The lowest BCUT2D eigenvalue weighted by Crippen LogP contribution is -2.41. The number of nitrogens with one attached hydrogen (secondary N) is 1. The minimum Gasteiger partial charge on any atom is -0.372 e. The van der Waals surface area contributed by atoms with Crippen LogP contribution in [0.3, 0.4) is 0 Å². The molecule has 0 radical (unpaired) electrons. The van der Waals surface area contributed by atoms with Crippen LogP contribution in [0.5, 0.6) is 0 Å². The Hall–Kier alpha value is -0.610. The van der Waals surface area contributed by atoms with Gasteiger partial charge in [-0.05, 0) is 13.3 Å². The number of carbonyl (C=O) groups excluding carboxylic acids is 1. The molecule has 0 rings (SSSR count). The number of rotatable bonds is 6. The summed E-state index contributed by atoms with van der Waals surface area (Å²) < 4.78 is 4.93. The van der Waals surface area contributed by atoms with E-state index in [1.54, 1.807) is 0 Å². The molecule has 4 heteroatoms. The second-order valence-electron chi connectivity index (χ2n) is 2.55. The highest BCUT2D eigenvalue weighted by Crippen LogP contribution is 1.87. The molecule has 1 amide bonds. The summed E-state index contributed by atoms with van der Waals surface area (Å²) in [4.78, 5) is 11.0. The molecule has 4 nitrogen and oxygen atoms in total. The van der Waals surface area contributed by atoms with Crippen molar-refractivity contribution >= 4 is 5.91 Å². The second-order valence-corrected chi connectivity index (χ2v) is 2.55. The lowest BCUT2D eigenvalue weighted by Gasteiger charge is -2.13. The molecule has 0 heterocycles. The van der Waals surface area contributed by atoms with E-state index in [0.717, 1.165) is 6.42 Å². The van der Waals surface area contributed by atoms with Crippen LogP contribution < -0.4 is 11.1 Å². The number of amides is 1.